The molecule has 0 aliphatic heterocycles. The monoisotopic (exact) mass is 608 g/mol. The van der Waals surface area contributed by atoms with E-state index in [-0.39, 0.29) is 24.8 Å². The Kier molecular flexibility index (Phi) is 6.32. The van der Waals surface area contributed by atoms with Gasteiger partial charge in [-0.1, -0.05) is 0 Å². The Morgan fingerprint density at radius 3 is 1.39 bits per heavy atom. The summed E-state index contributed by atoms with van der Waals surface area (Å²) in [7, 11) is 0. The third-order valence-corrected chi connectivity index (χ3v) is 12.6. The molecule has 4 aromatic rings. The van der Waals surface area contributed by atoms with Gasteiger partial charge in [0, 0.05) is 0 Å². The normalized spacial score (nSPS) is 11.9. The van der Waals surface area contributed by atoms with Gasteiger partial charge in [-0.3, -0.25) is 0 Å². The van der Waals surface area contributed by atoms with Crippen LogP contribution in [0.3, 0.4) is 0 Å². The minimum absolute atomic E-state index is 0. The number of benzene rings is 4. The second-order valence-electron chi connectivity index (χ2n) is 8.32. The standard InChI is InChI=1S/2C14H11.2ClH.Hf/c2*1-10-5-4-8-13-12-7-3-2-6-11(12)9-14(10)13;;;/h2*2-4,6-8H,9H2,1H3;2*1H;/q;;;;+2/p-2. The average Bonchev–Trinajstić information content (AvgIpc) is 3.31. The van der Waals surface area contributed by atoms with Crippen LogP contribution in [-0.2, 0) is 35.7 Å². The quantitative estimate of drug-likeness (QED) is 0.233. The largest absolute Gasteiger partial charge is 1.00 e. The Bertz CT molecular complexity index is 1210. The summed E-state index contributed by atoms with van der Waals surface area (Å²) in [5, 5.41) is 0. The molecule has 0 atom stereocenters. The predicted molar refractivity (Wildman–Crippen MR) is 118 cm³/mol. The molecule has 0 aromatic heterocycles. The van der Waals surface area contributed by atoms with Crippen molar-refractivity contribution < 1.29 is 47.7 Å². The third-order valence-electron chi connectivity index (χ3n) is 6.82. The number of fused-ring (bicyclic) bond motifs is 6. The van der Waals surface area contributed by atoms with E-state index in [4.69, 9.17) is 0 Å². The van der Waals surface area contributed by atoms with Crippen molar-refractivity contribution in [3.05, 3.63) is 106 Å². The Morgan fingerprint density at radius 2 is 0.935 bits per heavy atom. The summed E-state index contributed by atoms with van der Waals surface area (Å²) in [4.78, 5) is 0. The maximum Gasteiger partial charge on any atom is -1.00 e. The van der Waals surface area contributed by atoms with Gasteiger partial charge in [-0.05, 0) is 0 Å². The molecule has 0 fully saturated rings. The molecule has 152 valence electrons. The Balaban J connectivity index is 0.00000116. The summed E-state index contributed by atoms with van der Waals surface area (Å²) in [6.07, 6.45) is 2.21. The van der Waals surface area contributed by atoms with Crippen molar-refractivity contribution in [3.8, 4) is 22.3 Å². The average molecular weight is 608 g/mol. The molecule has 0 unspecified atom stereocenters. The molecule has 6 rings (SSSR count). The number of rotatable bonds is 2. The maximum atomic E-state index is 2.45. The second kappa shape index (κ2) is 8.70. The van der Waals surface area contributed by atoms with Crippen LogP contribution < -0.4 is 31.5 Å². The summed E-state index contributed by atoms with van der Waals surface area (Å²) in [5.74, 6) is 0. The molecule has 3 heteroatoms. The molecule has 0 saturated heterocycles. The van der Waals surface area contributed by atoms with Gasteiger partial charge in [0.25, 0.3) is 0 Å². The van der Waals surface area contributed by atoms with Crippen molar-refractivity contribution in [2.45, 2.75) is 26.7 Å². The van der Waals surface area contributed by atoms with Crippen LogP contribution in [0.1, 0.15) is 33.4 Å². The minimum atomic E-state index is -1.11. The predicted octanol–water partition coefficient (Wildman–Crippen LogP) is -0.513. The molecule has 0 heterocycles. The first-order valence-electron chi connectivity index (χ1n) is 10.4. The van der Waals surface area contributed by atoms with Gasteiger partial charge in [0.15, 0.2) is 0 Å². The third kappa shape index (κ3) is 3.55. The molecular weight excluding hydrogens is 586 g/mol. The van der Waals surface area contributed by atoms with E-state index < -0.39 is 22.9 Å². The van der Waals surface area contributed by atoms with E-state index in [9.17, 15) is 0 Å². The molecule has 0 bridgehead atoms. The van der Waals surface area contributed by atoms with Crippen LogP contribution in [0.5, 0.6) is 0 Å². The zero-order chi connectivity index (χ0) is 19.5. The molecule has 0 saturated carbocycles. The summed E-state index contributed by atoms with van der Waals surface area (Å²) in [5.41, 5.74) is 15.1. The smallest absolute Gasteiger partial charge is 1.00 e. The number of hydrogen-bond donors (Lipinski definition) is 0. The van der Waals surface area contributed by atoms with Crippen molar-refractivity contribution in [2.24, 2.45) is 0 Å². The van der Waals surface area contributed by atoms with Gasteiger partial charge in [-0.2, -0.15) is 0 Å². The number of hydrogen-bond acceptors (Lipinski definition) is 0. The fourth-order valence-electron chi connectivity index (χ4n) is 5.15. The Morgan fingerprint density at radius 1 is 0.516 bits per heavy atom. The molecule has 0 amide bonds. The molecular formula is C28H22Cl2Hf. The van der Waals surface area contributed by atoms with E-state index in [0.717, 1.165) is 12.8 Å². The van der Waals surface area contributed by atoms with Crippen LogP contribution in [0.4, 0.5) is 0 Å². The van der Waals surface area contributed by atoms with Crippen LogP contribution in [0.2, 0.25) is 0 Å². The molecule has 4 aromatic carbocycles. The van der Waals surface area contributed by atoms with Crippen LogP contribution in [0.15, 0.2) is 72.8 Å². The summed E-state index contributed by atoms with van der Waals surface area (Å²) >= 11 is -1.11. The summed E-state index contributed by atoms with van der Waals surface area (Å²) in [6, 6.07) is 27.5. The Labute approximate surface area is 208 Å². The van der Waals surface area contributed by atoms with E-state index in [0.29, 0.717) is 0 Å². The zero-order valence-electron chi connectivity index (χ0n) is 17.6. The summed E-state index contributed by atoms with van der Waals surface area (Å²) < 4.78 is 3.32. The molecule has 0 radical (unpaired) electrons. The van der Waals surface area contributed by atoms with E-state index in [2.05, 4.69) is 86.6 Å². The van der Waals surface area contributed by atoms with E-state index in [1.807, 2.05) is 0 Å². The first kappa shape index (κ1) is 22.5. The van der Waals surface area contributed by atoms with Crippen LogP contribution in [0.25, 0.3) is 22.3 Å². The second-order valence-corrected chi connectivity index (χ2v) is 13.1. The van der Waals surface area contributed by atoms with Gasteiger partial charge >= 0.3 is 185 Å². The van der Waals surface area contributed by atoms with Gasteiger partial charge in [0.1, 0.15) is 0 Å². The SMILES string of the molecule is Cc1[c]([Hf+2][c]2ccc3c(c2C)Cc2ccccc2-3)ccc2c1Cc1ccccc1-2.[Cl-].[Cl-]. The van der Waals surface area contributed by atoms with Crippen molar-refractivity contribution in [1.82, 2.24) is 0 Å². The van der Waals surface area contributed by atoms with Crippen LogP contribution >= 0.6 is 0 Å². The molecule has 0 N–H and O–H groups in total. The fourth-order valence-corrected chi connectivity index (χ4v) is 9.82. The first-order chi connectivity index (χ1) is 14.2. The number of halogens is 2. The molecule has 31 heavy (non-hydrogen) atoms. The van der Waals surface area contributed by atoms with Gasteiger partial charge in [0.05, 0.1) is 0 Å². The van der Waals surface area contributed by atoms with E-state index in [1.54, 1.807) is 28.9 Å². The van der Waals surface area contributed by atoms with Gasteiger partial charge in [0.2, 0.25) is 0 Å². The minimum Gasteiger partial charge on any atom is -1.00 e. The van der Waals surface area contributed by atoms with Crippen molar-refractivity contribution in [3.63, 3.8) is 0 Å². The maximum absolute atomic E-state index is 2.45. The summed E-state index contributed by atoms with van der Waals surface area (Å²) in [6.45, 7) is 4.73. The molecule has 2 aliphatic rings. The van der Waals surface area contributed by atoms with Crippen molar-refractivity contribution in [1.29, 1.82) is 0 Å². The van der Waals surface area contributed by atoms with Crippen molar-refractivity contribution >= 4 is 6.64 Å². The fraction of sp³-hybridized carbons (Fsp3) is 0.143. The van der Waals surface area contributed by atoms with Crippen LogP contribution in [-0.4, -0.2) is 0 Å². The topological polar surface area (TPSA) is 0 Å². The zero-order valence-corrected chi connectivity index (χ0v) is 22.7. The molecule has 2 aliphatic carbocycles. The van der Waals surface area contributed by atoms with Gasteiger partial charge in [-0.25, -0.2) is 0 Å². The van der Waals surface area contributed by atoms with Gasteiger partial charge < -0.3 is 24.8 Å². The molecule has 0 nitrogen and oxygen atoms in total. The van der Waals surface area contributed by atoms with Crippen LogP contribution in [0, 0.1) is 13.8 Å². The van der Waals surface area contributed by atoms with E-state index in [1.165, 1.54) is 33.4 Å². The van der Waals surface area contributed by atoms with Crippen molar-refractivity contribution in [2.75, 3.05) is 0 Å². The molecule has 0 spiro atoms. The van der Waals surface area contributed by atoms with E-state index >= 15 is 0 Å². The first-order valence-corrected chi connectivity index (χ1v) is 14.0. The Hall–Kier alpha value is -1.67. The van der Waals surface area contributed by atoms with Gasteiger partial charge in [-0.15, -0.1) is 0 Å².